The summed E-state index contributed by atoms with van der Waals surface area (Å²) in [5.74, 6) is 1.79. The fourth-order valence-corrected chi connectivity index (χ4v) is 3.66. The van der Waals surface area contributed by atoms with E-state index in [4.69, 9.17) is 9.47 Å². The number of rotatable bonds is 6. The predicted molar refractivity (Wildman–Crippen MR) is 126 cm³/mol. The number of guanidine groups is 1. The molecule has 2 aliphatic heterocycles. The molecule has 0 bridgehead atoms. The van der Waals surface area contributed by atoms with Crippen LogP contribution < -0.4 is 20.3 Å². The molecule has 0 aromatic heterocycles. The van der Waals surface area contributed by atoms with Crippen molar-refractivity contribution in [3.63, 3.8) is 0 Å². The first kappa shape index (κ1) is 22.8. The summed E-state index contributed by atoms with van der Waals surface area (Å²) in [4.78, 5) is 6.82. The third-order valence-electron chi connectivity index (χ3n) is 5.20. The molecular weight excluding hydrogens is 467 g/mol. The summed E-state index contributed by atoms with van der Waals surface area (Å²) in [5.41, 5.74) is 2.70. The van der Waals surface area contributed by atoms with Crippen LogP contribution in [0.4, 0.5) is 5.69 Å². The van der Waals surface area contributed by atoms with Crippen LogP contribution in [0.25, 0.3) is 0 Å². The number of aliphatic imine (C=N–C) groups is 1. The highest BCUT2D eigenvalue weighted by molar-refractivity contribution is 14.0. The summed E-state index contributed by atoms with van der Waals surface area (Å²) in [6, 6.07) is 8.69. The first-order chi connectivity index (χ1) is 13.3. The minimum Gasteiger partial charge on any atom is -0.497 e. The van der Waals surface area contributed by atoms with Gasteiger partial charge in [-0.05, 0) is 37.8 Å². The largest absolute Gasteiger partial charge is 0.497 e. The monoisotopic (exact) mass is 500 g/mol. The van der Waals surface area contributed by atoms with Gasteiger partial charge in [-0.25, -0.2) is 0 Å². The number of methoxy groups -OCH3 is 1. The van der Waals surface area contributed by atoms with Crippen molar-refractivity contribution >= 4 is 35.6 Å². The van der Waals surface area contributed by atoms with Crippen molar-refractivity contribution in [2.75, 3.05) is 51.9 Å². The van der Waals surface area contributed by atoms with Crippen LogP contribution in [0.2, 0.25) is 0 Å². The zero-order valence-corrected chi connectivity index (χ0v) is 19.3. The van der Waals surface area contributed by atoms with Gasteiger partial charge in [0.25, 0.3) is 0 Å². The highest BCUT2D eigenvalue weighted by Crippen LogP contribution is 2.24. The lowest BCUT2D eigenvalue weighted by molar-refractivity contribution is 0.153. The molecule has 0 spiro atoms. The second-order valence-corrected chi connectivity index (χ2v) is 7.07. The van der Waals surface area contributed by atoms with Gasteiger partial charge in [-0.3, -0.25) is 4.99 Å². The van der Waals surface area contributed by atoms with E-state index in [0.29, 0.717) is 6.04 Å². The molecule has 0 amide bonds. The maximum absolute atomic E-state index is 5.36. The van der Waals surface area contributed by atoms with E-state index in [0.717, 1.165) is 63.8 Å². The molecule has 1 aromatic carbocycles. The van der Waals surface area contributed by atoms with Gasteiger partial charge in [0.1, 0.15) is 5.75 Å². The Labute approximate surface area is 185 Å². The maximum Gasteiger partial charge on any atom is 0.191 e. The molecule has 1 fully saturated rings. The molecule has 7 heteroatoms. The highest BCUT2D eigenvalue weighted by Gasteiger charge is 2.21. The Hall–Kier alpha value is -1.48. The Morgan fingerprint density at radius 1 is 1.39 bits per heavy atom. The van der Waals surface area contributed by atoms with Crippen molar-refractivity contribution in [3.8, 4) is 5.75 Å². The SMILES string of the molecule is CN=C(NCCC1=CCOCC1)NC1CCCN(c2cccc(OC)c2)C1.I. The smallest absolute Gasteiger partial charge is 0.191 e. The van der Waals surface area contributed by atoms with Crippen LogP contribution in [0.1, 0.15) is 25.7 Å². The number of benzene rings is 1. The second-order valence-electron chi connectivity index (χ2n) is 7.07. The third kappa shape index (κ3) is 6.84. The van der Waals surface area contributed by atoms with E-state index in [1.807, 2.05) is 13.1 Å². The standard InChI is InChI=1S/C21H32N4O2.HI/c1-22-21(23-11-8-17-9-13-27-14-10-17)24-18-5-4-12-25(16-18)19-6-3-7-20(15-19)26-2;/h3,6-7,9,15,18H,4-5,8,10-14,16H2,1-2H3,(H2,22,23,24);1H. The number of hydrogen-bond donors (Lipinski definition) is 2. The van der Waals surface area contributed by atoms with Crippen molar-refractivity contribution in [3.05, 3.63) is 35.9 Å². The topological polar surface area (TPSA) is 58.1 Å². The summed E-state index contributed by atoms with van der Waals surface area (Å²) < 4.78 is 10.7. The van der Waals surface area contributed by atoms with Gasteiger partial charge in [0.15, 0.2) is 5.96 Å². The van der Waals surface area contributed by atoms with Crippen molar-refractivity contribution in [2.45, 2.75) is 31.7 Å². The number of piperidine rings is 1. The number of nitrogens with one attached hydrogen (secondary N) is 2. The molecular formula is C21H33IN4O2. The highest BCUT2D eigenvalue weighted by atomic mass is 127. The van der Waals surface area contributed by atoms with Gasteiger partial charge in [-0.1, -0.05) is 17.7 Å². The van der Waals surface area contributed by atoms with Crippen LogP contribution in [0.5, 0.6) is 5.75 Å². The fourth-order valence-electron chi connectivity index (χ4n) is 3.66. The molecule has 3 rings (SSSR count). The van der Waals surface area contributed by atoms with Crippen LogP contribution >= 0.6 is 24.0 Å². The Morgan fingerprint density at radius 2 is 2.29 bits per heavy atom. The summed E-state index contributed by atoms with van der Waals surface area (Å²) in [7, 11) is 3.55. The average Bonchev–Trinajstić information content (AvgIpc) is 2.74. The molecule has 1 saturated heterocycles. The molecule has 0 saturated carbocycles. The molecule has 6 nitrogen and oxygen atoms in total. The first-order valence-corrected chi connectivity index (χ1v) is 9.90. The van der Waals surface area contributed by atoms with Gasteiger partial charge in [-0.15, -0.1) is 24.0 Å². The van der Waals surface area contributed by atoms with Crippen molar-refractivity contribution in [1.82, 2.24) is 10.6 Å². The summed E-state index contributed by atoms with van der Waals surface area (Å²) in [5, 5.41) is 7.05. The molecule has 2 N–H and O–H groups in total. The van der Waals surface area contributed by atoms with Crippen LogP contribution in [-0.4, -0.2) is 59.0 Å². The van der Waals surface area contributed by atoms with E-state index in [9.17, 15) is 0 Å². The third-order valence-corrected chi connectivity index (χ3v) is 5.20. The number of anilines is 1. The van der Waals surface area contributed by atoms with Crippen LogP contribution in [0, 0.1) is 0 Å². The van der Waals surface area contributed by atoms with E-state index in [1.165, 1.54) is 17.7 Å². The lowest BCUT2D eigenvalue weighted by atomic mass is 10.0. The van der Waals surface area contributed by atoms with Gasteiger partial charge in [0.2, 0.25) is 0 Å². The lowest BCUT2D eigenvalue weighted by Crippen LogP contribution is -2.51. The van der Waals surface area contributed by atoms with E-state index >= 15 is 0 Å². The molecule has 1 unspecified atom stereocenters. The van der Waals surface area contributed by atoms with Crippen molar-refractivity contribution in [2.24, 2.45) is 4.99 Å². The Morgan fingerprint density at radius 3 is 3.04 bits per heavy atom. The van der Waals surface area contributed by atoms with Gasteiger partial charge in [0.05, 0.1) is 20.3 Å². The lowest BCUT2D eigenvalue weighted by Gasteiger charge is -2.35. The molecule has 2 heterocycles. The molecule has 0 aliphatic carbocycles. The minimum atomic E-state index is 0. The van der Waals surface area contributed by atoms with E-state index in [-0.39, 0.29) is 24.0 Å². The zero-order valence-electron chi connectivity index (χ0n) is 16.9. The van der Waals surface area contributed by atoms with Gasteiger partial charge >= 0.3 is 0 Å². The van der Waals surface area contributed by atoms with E-state index in [2.05, 4.69) is 44.8 Å². The van der Waals surface area contributed by atoms with Crippen LogP contribution in [0.15, 0.2) is 40.9 Å². The number of nitrogens with zero attached hydrogens (tertiary/aromatic N) is 2. The maximum atomic E-state index is 5.36. The molecule has 0 radical (unpaired) electrons. The van der Waals surface area contributed by atoms with E-state index < -0.39 is 0 Å². The summed E-state index contributed by atoms with van der Waals surface area (Å²) in [6.07, 6.45) is 6.62. The quantitative estimate of drug-likeness (QED) is 0.272. The molecule has 1 atom stereocenters. The number of hydrogen-bond acceptors (Lipinski definition) is 4. The van der Waals surface area contributed by atoms with Gasteiger partial charge in [0, 0.05) is 44.5 Å². The Bertz CT molecular complexity index is 666. The van der Waals surface area contributed by atoms with Crippen LogP contribution in [0.3, 0.4) is 0 Å². The normalized spacial score (nSPS) is 20.1. The molecule has 28 heavy (non-hydrogen) atoms. The van der Waals surface area contributed by atoms with Gasteiger partial charge in [-0.2, -0.15) is 0 Å². The zero-order chi connectivity index (χ0) is 18.9. The number of ether oxygens (including phenoxy) is 2. The van der Waals surface area contributed by atoms with Crippen molar-refractivity contribution in [1.29, 1.82) is 0 Å². The molecule has 1 aromatic rings. The summed E-state index contributed by atoms with van der Waals surface area (Å²) >= 11 is 0. The predicted octanol–water partition coefficient (Wildman–Crippen LogP) is 3.18. The average molecular weight is 500 g/mol. The van der Waals surface area contributed by atoms with E-state index in [1.54, 1.807) is 7.11 Å². The van der Waals surface area contributed by atoms with Crippen molar-refractivity contribution < 1.29 is 9.47 Å². The summed E-state index contributed by atoms with van der Waals surface area (Å²) in [6.45, 7) is 4.55. The minimum absolute atomic E-state index is 0. The molecule has 156 valence electrons. The number of halogens is 1. The fraction of sp³-hybridized carbons (Fsp3) is 0.571. The Balaban J connectivity index is 0.00000280. The van der Waals surface area contributed by atoms with Gasteiger partial charge < -0.3 is 25.0 Å². The first-order valence-electron chi connectivity index (χ1n) is 9.90. The second kappa shape index (κ2) is 12.2. The Kier molecular flexibility index (Phi) is 9.91. The molecule has 2 aliphatic rings. The van der Waals surface area contributed by atoms with Crippen LogP contribution in [-0.2, 0) is 4.74 Å².